The number of thiophene rings is 1. The molecule has 1 aromatic heterocycles. The summed E-state index contributed by atoms with van der Waals surface area (Å²) >= 11 is 1.49. The highest BCUT2D eigenvalue weighted by Crippen LogP contribution is 2.21. The number of carboxylic acids is 1. The fourth-order valence-corrected chi connectivity index (χ4v) is 2.70. The monoisotopic (exact) mass is 297 g/mol. The van der Waals surface area contributed by atoms with Gasteiger partial charge in [0.2, 0.25) is 5.91 Å². The molecule has 110 valence electrons. The van der Waals surface area contributed by atoms with Crippen molar-refractivity contribution in [3.63, 3.8) is 0 Å². The van der Waals surface area contributed by atoms with Gasteiger partial charge in [0.15, 0.2) is 0 Å². The Morgan fingerprint density at radius 1 is 1.25 bits per heavy atom. The van der Waals surface area contributed by atoms with Gasteiger partial charge in [-0.3, -0.25) is 20.4 Å². The van der Waals surface area contributed by atoms with E-state index < -0.39 is 11.9 Å². The number of carbonyl (C=O) groups excluding carboxylic acids is 3. The van der Waals surface area contributed by atoms with Gasteiger partial charge in [0.25, 0.3) is 5.91 Å². The van der Waals surface area contributed by atoms with E-state index in [1.165, 1.54) is 11.3 Å². The molecule has 1 aromatic rings. The van der Waals surface area contributed by atoms with Crippen LogP contribution in [0.25, 0.3) is 0 Å². The topological polar surface area (TPSA) is 98.3 Å². The van der Waals surface area contributed by atoms with Crippen LogP contribution < -0.4 is 16.0 Å². The van der Waals surface area contributed by atoms with Crippen LogP contribution in [0, 0.1) is 6.92 Å². The third kappa shape index (κ3) is 4.65. The molecule has 0 saturated heterocycles. The molecular weight excluding hydrogens is 280 g/mol. The predicted octanol–water partition coefficient (Wildman–Crippen LogP) is 0.300. The van der Waals surface area contributed by atoms with Crippen LogP contribution >= 0.6 is 11.3 Å². The maximum Gasteiger partial charge on any atom is 0.270 e. The first-order valence-electron chi connectivity index (χ1n) is 6.31. The number of amides is 2. The van der Waals surface area contributed by atoms with Gasteiger partial charge in [-0.2, -0.15) is 0 Å². The molecule has 0 aliphatic heterocycles. The Bertz CT molecular complexity index is 510. The Kier molecular flexibility index (Phi) is 6.17. The Morgan fingerprint density at radius 2 is 1.95 bits per heavy atom. The maximum atomic E-state index is 11.9. The second kappa shape index (κ2) is 7.64. The molecule has 0 unspecified atom stereocenters. The van der Waals surface area contributed by atoms with Crippen LogP contribution in [0.4, 0.5) is 0 Å². The van der Waals surface area contributed by atoms with Gasteiger partial charge in [0.05, 0.1) is 5.56 Å². The number of hydrazine groups is 1. The first kappa shape index (κ1) is 16.2. The number of nitrogens with one attached hydrogen (secondary N) is 2. The molecule has 0 aliphatic rings. The van der Waals surface area contributed by atoms with Crippen molar-refractivity contribution in [1.29, 1.82) is 0 Å². The summed E-state index contributed by atoms with van der Waals surface area (Å²) in [5.41, 5.74) is 6.13. The number of rotatable bonds is 6. The standard InChI is InChI=1S/C13H18N2O4S/c1-3-9-8(2)20-7-10(9)13(19)15-14-11(16)5-4-6-12(17)18/h7H,3-6H2,1-2H3,(H,14,16)(H,15,19)(H,17,18)/p-1. The molecule has 0 spiro atoms. The minimum absolute atomic E-state index is 0.0254. The molecule has 2 amide bonds. The van der Waals surface area contributed by atoms with E-state index in [1.54, 1.807) is 5.38 Å². The molecule has 20 heavy (non-hydrogen) atoms. The lowest BCUT2D eigenvalue weighted by Gasteiger charge is -2.08. The predicted molar refractivity (Wildman–Crippen MR) is 72.9 cm³/mol. The Morgan fingerprint density at radius 3 is 2.55 bits per heavy atom. The molecule has 0 aromatic carbocycles. The summed E-state index contributed by atoms with van der Waals surface area (Å²) in [6.45, 7) is 3.91. The third-order valence-electron chi connectivity index (χ3n) is 2.80. The molecule has 0 aliphatic carbocycles. The number of aryl methyl sites for hydroxylation is 1. The van der Waals surface area contributed by atoms with Crippen LogP contribution in [-0.4, -0.2) is 17.8 Å². The Labute approximate surface area is 121 Å². The molecule has 7 heteroatoms. The van der Waals surface area contributed by atoms with Gasteiger partial charge in [0, 0.05) is 22.6 Å². The average molecular weight is 297 g/mol. The number of carboxylic acid groups (broad SMARTS) is 1. The van der Waals surface area contributed by atoms with Crippen LogP contribution in [0.1, 0.15) is 47.0 Å². The van der Waals surface area contributed by atoms with Gasteiger partial charge in [-0.1, -0.05) is 6.92 Å². The summed E-state index contributed by atoms with van der Waals surface area (Å²) in [6.07, 6.45) is 0.780. The van der Waals surface area contributed by atoms with Gasteiger partial charge in [0.1, 0.15) is 0 Å². The molecule has 1 rings (SSSR count). The lowest BCUT2D eigenvalue weighted by Crippen LogP contribution is -2.41. The first-order chi connectivity index (χ1) is 9.45. The summed E-state index contributed by atoms with van der Waals surface area (Å²) < 4.78 is 0. The summed E-state index contributed by atoms with van der Waals surface area (Å²) in [5.74, 6) is -1.98. The number of aliphatic carboxylic acids is 1. The zero-order valence-electron chi connectivity index (χ0n) is 11.4. The maximum absolute atomic E-state index is 11.9. The summed E-state index contributed by atoms with van der Waals surface area (Å²) in [4.78, 5) is 34.6. The van der Waals surface area contributed by atoms with Gasteiger partial charge in [-0.15, -0.1) is 11.3 Å². The van der Waals surface area contributed by atoms with E-state index in [1.807, 2.05) is 13.8 Å². The smallest absolute Gasteiger partial charge is 0.270 e. The van der Waals surface area contributed by atoms with E-state index in [-0.39, 0.29) is 25.2 Å². The van der Waals surface area contributed by atoms with Crippen molar-refractivity contribution in [2.24, 2.45) is 0 Å². The van der Waals surface area contributed by atoms with Crippen LogP contribution in [0.15, 0.2) is 5.38 Å². The highest BCUT2D eigenvalue weighted by molar-refractivity contribution is 7.10. The van der Waals surface area contributed by atoms with Crippen molar-refractivity contribution < 1.29 is 19.5 Å². The fourth-order valence-electron chi connectivity index (χ4n) is 1.76. The zero-order valence-corrected chi connectivity index (χ0v) is 12.3. The van der Waals surface area contributed by atoms with E-state index in [0.29, 0.717) is 5.56 Å². The van der Waals surface area contributed by atoms with Crippen molar-refractivity contribution in [2.45, 2.75) is 39.5 Å². The molecule has 0 fully saturated rings. The molecule has 0 saturated carbocycles. The fraction of sp³-hybridized carbons (Fsp3) is 0.462. The minimum Gasteiger partial charge on any atom is -0.550 e. The third-order valence-corrected chi connectivity index (χ3v) is 3.76. The van der Waals surface area contributed by atoms with Gasteiger partial charge < -0.3 is 9.90 Å². The molecule has 2 N–H and O–H groups in total. The molecule has 0 bridgehead atoms. The van der Waals surface area contributed by atoms with Crippen LogP contribution in [-0.2, 0) is 16.0 Å². The lowest BCUT2D eigenvalue weighted by atomic mass is 10.1. The molecule has 6 nitrogen and oxygen atoms in total. The Hall–Kier alpha value is -1.89. The van der Waals surface area contributed by atoms with E-state index in [2.05, 4.69) is 10.9 Å². The largest absolute Gasteiger partial charge is 0.550 e. The molecular formula is C13H17N2O4S-. The van der Waals surface area contributed by atoms with Gasteiger partial charge >= 0.3 is 0 Å². The highest BCUT2D eigenvalue weighted by Gasteiger charge is 2.14. The first-order valence-corrected chi connectivity index (χ1v) is 7.19. The number of hydrogen-bond donors (Lipinski definition) is 2. The van der Waals surface area contributed by atoms with E-state index >= 15 is 0 Å². The van der Waals surface area contributed by atoms with Crippen molar-refractivity contribution in [3.05, 3.63) is 21.4 Å². The molecule has 0 atom stereocenters. The molecule has 0 radical (unpaired) electrons. The van der Waals surface area contributed by atoms with E-state index in [4.69, 9.17) is 0 Å². The zero-order chi connectivity index (χ0) is 15.1. The molecule has 1 heterocycles. The van der Waals surface area contributed by atoms with E-state index in [0.717, 1.165) is 16.9 Å². The average Bonchev–Trinajstić information content (AvgIpc) is 2.76. The lowest BCUT2D eigenvalue weighted by molar-refractivity contribution is -0.305. The van der Waals surface area contributed by atoms with Crippen molar-refractivity contribution >= 4 is 29.1 Å². The highest BCUT2D eigenvalue weighted by atomic mass is 32.1. The van der Waals surface area contributed by atoms with Crippen molar-refractivity contribution in [2.75, 3.05) is 0 Å². The van der Waals surface area contributed by atoms with Crippen LogP contribution in [0.3, 0.4) is 0 Å². The van der Waals surface area contributed by atoms with Crippen molar-refractivity contribution in [3.8, 4) is 0 Å². The van der Waals surface area contributed by atoms with Crippen LogP contribution in [0.2, 0.25) is 0 Å². The van der Waals surface area contributed by atoms with Crippen molar-refractivity contribution in [1.82, 2.24) is 10.9 Å². The van der Waals surface area contributed by atoms with Crippen LogP contribution in [0.5, 0.6) is 0 Å². The summed E-state index contributed by atoms with van der Waals surface area (Å²) in [6, 6.07) is 0. The minimum atomic E-state index is -1.19. The number of carbonyl (C=O) groups is 3. The van der Waals surface area contributed by atoms with Gasteiger partial charge in [-0.05, 0) is 31.7 Å². The van der Waals surface area contributed by atoms with Gasteiger partial charge in [-0.25, -0.2) is 0 Å². The normalized spacial score (nSPS) is 10.1. The summed E-state index contributed by atoms with van der Waals surface area (Å²) in [5, 5.41) is 11.9. The summed E-state index contributed by atoms with van der Waals surface area (Å²) in [7, 11) is 0. The number of hydrogen-bond acceptors (Lipinski definition) is 5. The second-order valence-corrected chi connectivity index (χ2v) is 5.35. The SMILES string of the molecule is CCc1c(C(=O)NNC(=O)CCCC(=O)[O-])csc1C. The Balaban J connectivity index is 2.43. The quantitative estimate of drug-likeness (QED) is 0.738. The van der Waals surface area contributed by atoms with E-state index in [9.17, 15) is 19.5 Å². The second-order valence-electron chi connectivity index (χ2n) is 4.27.